The summed E-state index contributed by atoms with van der Waals surface area (Å²) in [7, 11) is 0. The topological polar surface area (TPSA) is 67.2 Å². The van der Waals surface area contributed by atoms with Crippen molar-refractivity contribution in [1.82, 2.24) is 24.6 Å². The molecular weight excluding hydrogens is 479 g/mol. The van der Waals surface area contributed by atoms with E-state index in [1.54, 1.807) is 16.8 Å². The van der Waals surface area contributed by atoms with Gasteiger partial charge in [0.05, 0.1) is 16.8 Å². The number of carbonyl (C=O) groups is 1. The maximum Gasteiger partial charge on any atom is 0.223 e. The van der Waals surface area contributed by atoms with Crippen molar-refractivity contribution in [1.29, 1.82) is 0 Å². The van der Waals surface area contributed by atoms with Gasteiger partial charge in [-0.3, -0.25) is 4.79 Å². The highest BCUT2D eigenvalue weighted by molar-refractivity contribution is 5.91. The van der Waals surface area contributed by atoms with Crippen LogP contribution in [0.25, 0.3) is 16.7 Å². The predicted molar refractivity (Wildman–Crippen MR) is 148 cm³/mol. The molecule has 1 unspecified atom stereocenters. The number of halogens is 1. The Morgan fingerprint density at radius 3 is 2.39 bits per heavy atom. The molecule has 1 aliphatic rings. The molecule has 2 aromatic carbocycles. The van der Waals surface area contributed by atoms with Crippen LogP contribution in [-0.2, 0) is 11.2 Å². The third kappa shape index (κ3) is 5.39. The van der Waals surface area contributed by atoms with Gasteiger partial charge in [-0.05, 0) is 49.6 Å². The molecule has 4 aromatic rings. The van der Waals surface area contributed by atoms with E-state index in [0.717, 1.165) is 53.3 Å². The van der Waals surface area contributed by atoms with E-state index in [2.05, 4.69) is 30.9 Å². The number of anilines is 1. The fourth-order valence-corrected chi connectivity index (χ4v) is 5.17. The Morgan fingerprint density at radius 1 is 1.00 bits per heavy atom. The van der Waals surface area contributed by atoms with E-state index in [-0.39, 0.29) is 17.6 Å². The van der Waals surface area contributed by atoms with E-state index in [1.807, 2.05) is 30.0 Å². The Labute approximate surface area is 223 Å². The number of aryl methyl sites for hydroxylation is 2. The van der Waals surface area contributed by atoms with Gasteiger partial charge in [-0.25, -0.2) is 19.0 Å². The van der Waals surface area contributed by atoms with Gasteiger partial charge < -0.3 is 9.80 Å². The molecule has 1 aliphatic heterocycles. The Morgan fingerprint density at radius 2 is 1.71 bits per heavy atom. The second kappa shape index (κ2) is 11.3. The molecule has 8 heteroatoms. The molecule has 0 bridgehead atoms. The molecule has 7 nitrogen and oxygen atoms in total. The van der Waals surface area contributed by atoms with Gasteiger partial charge in [0, 0.05) is 38.5 Å². The molecule has 0 radical (unpaired) electrons. The van der Waals surface area contributed by atoms with Crippen LogP contribution >= 0.6 is 0 Å². The first-order valence-electron chi connectivity index (χ1n) is 13.5. The third-order valence-corrected chi connectivity index (χ3v) is 7.34. The normalized spacial score (nSPS) is 14.7. The molecule has 38 heavy (non-hydrogen) atoms. The second-order valence-corrected chi connectivity index (χ2v) is 10.1. The van der Waals surface area contributed by atoms with Gasteiger partial charge in [0.1, 0.15) is 17.5 Å². The van der Waals surface area contributed by atoms with Gasteiger partial charge in [-0.2, -0.15) is 5.10 Å². The summed E-state index contributed by atoms with van der Waals surface area (Å²) in [5.41, 5.74) is 3.51. The minimum Gasteiger partial charge on any atom is -0.352 e. The van der Waals surface area contributed by atoms with Crippen molar-refractivity contribution in [2.24, 2.45) is 0 Å². The summed E-state index contributed by atoms with van der Waals surface area (Å²) in [6.07, 6.45) is 3.30. The van der Waals surface area contributed by atoms with E-state index >= 15 is 0 Å². The maximum atomic E-state index is 13.6. The Bertz CT molecular complexity index is 1390. The highest BCUT2D eigenvalue weighted by Crippen LogP contribution is 2.32. The maximum absolute atomic E-state index is 13.6. The molecule has 1 atom stereocenters. The van der Waals surface area contributed by atoms with Crippen LogP contribution in [0, 0.1) is 12.7 Å². The zero-order valence-electron chi connectivity index (χ0n) is 22.4. The highest BCUT2D eigenvalue weighted by Gasteiger charge is 2.27. The zero-order valence-corrected chi connectivity index (χ0v) is 22.4. The minimum atomic E-state index is -0.286. The van der Waals surface area contributed by atoms with Crippen LogP contribution in [0.4, 0.5) is 10.2 Å². The van der Waals surface area contributed by atoms with Crippen molar-refractivity contribution in [3.05, 3.63) is 77.5 Å². The SMILES string of the molecule is CCCC(C)c1nc(N2CCN(C(=O)CCc3ccccc3)CC2)c2c(C)nn(-c3ccc(F)cc3)c2n1. The minimum absolute atomic E-state index is 0.193. The Kier molecular flexibility index (Phi) is 7.67. The molecule has 0 saturated carbocycles. The fourth-order valence-electron chi connectivity index (χ4n) is 5.17. The van der Waals surface area contributed by atoms with E-state index in [1.165, 1.54) is 17.7 Å². The lowest BCUT2D eigenvalue weighted by atomic mass is 10.1. The predicted octanol–water partition coefficient (Wildman–Crippen LogP) is 5.45. The van der Waals surface area contributed by atoms with Crippen molar-refractivity contribution < 1.29 is 9.18 Å². The number of benzene rings is 2. The molecule has 3 heterocycles. The van der Waals surface area contributed by atoms with Gasteiger partial charge in [0.2, 0.25) is 5.91 Å². The van der Waals surface area contributed by atoms with Gasteiger partial charge in [0.15, 0.2) is 5.65 Å². The fraction of sp³-hybridized carbons (Fsp3) is 0.400. The molecule has 0 spiro atoms. The average Bonchev–Trinajstić information content (AvgIpc) is 3.28. The molecule has 2 aromatic heterocycles. The number of piperazine rings is 1. The van der Waals surface area contributed by atoms with Crippen LogP contribution in [0.5, 0.6) is 0 Å². The van der Waals surface area contributed by atoms with Gasteiger partial charge in [-0.1, -0.05) is 50.6 Å². The van der Waals surface area contributed by atoms with E-state index in [0.29, 0.717) is 32.6 Å². The first-order chi connectivity index (χ1) is 18.4. The first kappa shape index (κ1) is 25.8. The third-order valence-electron chi connectivity index (χ3n) is 7.34. The average molecular weight is 515 g/mol. The van der Waals surface area contributed by atoms with Crippen LogP contribution in [-0.4, -0.2) is 56.7 Å². The summed E-state index contributed by atoms with van der Waals surface area (Å²) in [4.78, 5) is 27.2. The quantitative estimate of drug-likeness (QED) is 0.313. The Hall–Kier alpha value is -3.81. The van der Waals surface area contributed by atoms with E-state index < -0.39 is 0 Å². The lowest BCUT2D eigenvalue weighted by Crippen LogP contribution is -2.49. The summed E-state index contributed by atoms with van der Waals surface area (Å²) in [6, 6.07) is 16.5. The van der Waals surface area contributed by atoms with Gasteiger partial charge in [0.25, 0.3) is 0 Å². The summed E-state index contributed by atoms with van der Waals surface area (Å²) in [5, 5.41) is 5.70. The highest BCUT2D eigenvalue weighted by atomic mass is 19.1. The molecule has 198 valence electrons. The van der Waals surface area contributed by atoms with Crippen molar-refractivity contribution in [2.45, 2.75) is 52.4 Å². The van der Waals surface area contributed by atoms with Crippen molar-refractivity contribution in [2.75, 3.05) is 31.1 Å². The summed E-state index contributed by atoms with van der Waals surface area (Å²) in [6.45, 7) is 9.00. The lowest BCUT2D eigenvalue weighted by molar-refractivity contribution is -0.131. The number of carbonyl (C=O) groups excluding carboxylic acids is 1. The number of amides is 1. The molecule has 0 aliphatic carbocycles. The number of rotatable bonds is 8. The summed E-state index contributed by atoms with van der Waals surface area (Å²) < 4.78 is 15.4. The van der Waals surface area contributed by atoms with Crippen LogP contribution in [0.2, 0.25) is 0 Å². The van der Waals surface area contributed by atoms with E-state index in [4.69, 9.17) is 15.1 Å². The second-order valence-electron chi connectivity index (χ2n) is 10.1. The van der Waals surface area contributed by atoms with Crippen molar-refractivity contribution in [3.63, 3.8) is 0 Å². The molecule has 1 saturated heterocycles. The number of fused-ring (bicyclic) bond motifs is 1. The van der Waals surface area contributed by atoms with Crippen molar-refractivity contribution >= 4 is 22.8 Å². The largest absolute Gasteiger partial charge is 0.352 e. The van der Waals surface area contributed by atoms with Crippen LogP contribution in [0.3, 0.4) is 0 Å². The smallest absolute Gasteiger partial charge is 0.223 e. The standard InChI is InChI=1S/C30H35FN6O/c1-4-8-21(2)28-32-29(27-22(3)34-37(30(27)33-28)25-14-12-24(31)13-15-25)36-19-17-35(18-20-36)26(38)16-11-23-9-6-5-7-10-23/h5-7,9-10,12-15,21H,4,8,11,16-20H2,1-3H3. The number of nitrogens with zero attached hydrogens (tertiary/aromatic N) is 6. The van der Waals surface area contributed by atoms with Crippen LogP contribution in [0.1, 0.15) is 56.1 Å². The Balaban J connectivity index is 1.41. The summed E-state index contributed by atoms with van der Waals surface area (Å²) in [5.74, 6) is 1.76. The van der Waals surface area contributed by atoms with Crippen LogP contribution in [0.15, 0.2) is 54.6 Å². The molecule has 1 amide bonds. The zero-order chi connectivity index (χ0) is 26.6. The molecule has 1 fully saturated rings. The van der Waals surface area contributed by atoms with Crippen LogP contribution < -0.4 is 4.90 Å². The van der Waals surface area contributed by atoms with Gasteiger partial charge in [-0.15, -0.1) is 0 Å². The van der Waals surface area contributed by atoms with Gasteiger partial charge >= 0.3 is 0 Å². The molecule has 0 N–H and O–H groups in total. The summed E-state index contributed by atoms with van der Waals surface area (Å²) >= 11 is 0. The monoisotopic (exact) mass is 514 g/mol. The number of hydrogen-bond donors (Lipinski definition) is 0. The number of hydrogen-bond acceptors (Lipinski definition) is 5. The van der Waals surface area contributed by atoms with Crippen molar-refractivity contribution in [3.8, 4) is 5.69 Å². The first-order valence-corrected chi connectivity index (χ1v) is 13.5. The molecular formula is C30H35FN6O. The molecule has 5 rings (SSSR count). The number of aromatic nitrogens is 4. The lowest BCUT2D eigenvalue weighted by Gasteiger charge is -2.36. The van der Waals surface area contributed by atoms with E-state index in [9.17, 15) is 9.18 Å².